The Hall–Kier alpha value is -0.730. The molecule has 94 valence electrons. The van der Waals surface area contributed by atoms with Crippen LogP contribution in [0.3, 0.4) is 0 Å². The molecule has 7 heteroatoms. The van der Waals surface area contributed by atoms with Crippen molar-refractivity contribution >= 4 is 5.91 Å². The molecule has 1 amide bonds. The van der Waals surface area contributed by atoms with Crippen molar-refractivity contribution in [2.45, 2.75) is 50.5 Å². The molecule has 0 bridgehead atoms. The zero-order valence-corrected chi connectivity index (χ0v) is 9.20. The predicted molar refractivity (Wildman–Crippen MR) is 54.1 cm³/mol. The number of aliphatic hydroxyl groups is 3. The second-order valence-corrected chi connectivity index (χ2v) is 4.17. The normalized spacial score (nSPS) is 40.0. The van der Waals surface area contributed by atoms with E-state index in [1.54, 1.807) is 0 Å². The first-order valence-electron chi connectivity index (χ1n) is 5.09. The first-order valence-corrected chi connectivity index (χ1v) is 5.09. The van der Waals surface area contributed by atoms with Gasteiger partial charge in [-0.1, -0.05) is 0 Å². The largest absolute Gasteiger partial charge is 0.387 e. The fourth-order valence-electron chi connectivity index (χ4n) is 1.58. The third-order valence-corrected chi connectivity index (χ3v) is 2.39. The van der Waals surface area contributed by atoms with Crippen molar-refractivity contribution in [2.75, 3.05) is 0 Å². The Bertz CT molecular complexity index is 260. The van der Waals surface area contributed by atoms with Gasteiger partial charge in [-0.05, 0) is 13.8 Å². The monoisotopic (exact) mass is 234 g/mol. The van der Waals surface area contributed by atoms with Gasteiger partial charge in [0.25, 0.3) is 0 Å². The minimum absolute atomic E-state index is 0.0179. The lowest BCUT2D eigenvalue weighted by Crippen LogP contribution is -2.65. The fraction of sp³-hybridized carbons (Fsp3) is 0.889. The maximum Gasteiger partial charge on any atom is 0.249 e. The van der Waals surface area contributed by atoms with Gasteiger partial charge in [0.2, 0.25) is 5.91 Å². The molecule has 0 radical (unpaired) electrons. The summed E-state index contributed by atoms with van der Waals surface area (Å²) >= 11 is 0. The lowest BCUT2D eigenvalue weighted by Gasteiger charge is -2.40. The summed E-state index contributed by atoms with van der Waals surface area (Å²) in [5.74, 6) is -0.881. The zero-order chi connectivity index (χ0) is 12.5. The molecule has 0 aliphatic carbocycles. The van der Waals surface area contributed by atoms with Crippen molar-refractivity contribution in [3.8, 4) is 0 Å². The number of aliphatic hydroxyl groups excluding tert-OH is 3. The standard InChI is InChI=1S/C9H18N2O5/c1-3(2)11-9-6(14)4(12)5(13)7(16-9)8(10)15/h3-7,9,11-14H,1-2H3,(H2,10,15)/t4?,5-,6-,7?,9-/m0/s1. The van der Waals surface area contributed by atoms with Crippen LogP contribution in [0.2, 0.25) is 0 Å². The van der Waals surface area contributed by atoms with E-state index in [1.807, 2.05) is 13.8 Å². The van der Waals surface area contributed by atoms with E-state index in [-0.39, 0.29) is 6.04 Å². The first-order chi connectivity index (χ1) is 7.34. The summed E-state index contributed by atoms with van der Waals surface area (Å²) in [7, 11) is 0. The Labute approximate surface area is 93.2 Å². The minimum atomic E-state index is -1.52. The molecule has 1 rings (SSSR count). The third-order valence-electron chi connectivity index (χ3n) is 2.39. The maximum atomic E-state index is 11.0. The Morgan fingerprint density at radius 1 is 1.25 bits per heavy atom. The van der Waals surface area contributed by atoms with Crippen LogP contribution in [0.4, 0.5) is 0 Å². The number of hydrogen-bond donors (Lipinski definition) is 5. The van der Waals surface area contributed by atoms with Gasteiger partial charge in [-0.15, -0.1) is 0 Å². The van der Waals surface area contributed by atoms with Gasteiger partial charge >= 0.3 is 0 Å². The molecule has 7 nitrogen and oxygen atoms in total. The highest BCUT2D eigenvalue weighted by Gasteiger charge is 2.45. The van der Waals surface area contributed by atoms with Crippen molar-refractivity contribution in [2.24, 2.45) is 5.73 Å². The van der Waals surface area contributed by atoms with Crippen LogP contribution in [-0.4, -0.2) is 57.9 Å². The van der Waals surface area contributed by atoms with Gasteiger partial charge in [-0.2, -0.15) is 0 Å². The van der Waals surface area contributed by atoms with Gasteiger partial charge in [-0.3, -0.25) is 10.1 Å². The number of rotatable bonds is 3. The van der Waals surface area contributed by atoms with Gasteiger partial charge < -0.3 is 25.8 Å². The van der Waals surface area contributed by atoms with Gasteiger partial charge in [0.05, 0.1) is 0 Å². The summed E-state index contributed by atoms with van der Waals surface area (Å²) in [5.41, 5.74) is 5.01. The van der Waals surface area contributed by atoms with Crippen LogP contribution in [0.1, 0.15) is 13.8 Å². The lowest BCUT2D eigenvalue weighted by molar-refractivity contribution is -0.227. The Morgan fingerprint density at radius 2 is 1.81 bits per heavy atom. The predicted octanol–water partition coefficient (Wildman–Crippen LogP) is -2.72. The molecular formula is C9H18N2O5. The van der Waals surface area contributed by atoms with Crippen LogP contribution in [0.15, 0.2) is 0 Å². The van der Waals surface area contributed by atoms with Crippen molar-refractivity contribution in [1.82, 2.24) is 5.32 Å². The summed E-state index contributed by atoms with van der Waals surface area (Å²) in [4.78, 5) is 11.0. The van der Waals surface area contributed by atoms with Crippen LogP contribution in [0, 0.1) is 0 Å². The van der Waals surface area contributed by atoms with E-state index in [0.717, 1.165) is 0 Å². The smallest absolute Gasteiger partial charge is 0.249 e. The Morgan fingerprint density at radius 3 is 2.25 bits per heavy atom. The summed E-state index contributed by atoms with van der Waals surface area (Å²) in [6, 6.07) is -0.0179. The number of amides is 1. The van der Waals surface area contributed by atoms with Gasteiger partial charge in [0.1, 0.15) is 24.5 Å². The van der Waals surface area contributed by atoms with Crippen molar-refractivity contribution < 1.29 is 24.9 Å². The van der Waals surface area contributed by atoms with Crippen molar-refractivity contribution in [1.29, 1.82) is 0 Å². The fourth-order valence-corrected chi connectivity index (χ4v) is 1.58. The first kappa shape index (κ1) is 13.3. The van der Waals surface area contributed by atoms with Crippen LogP contribution in [-0.2, 0) is 9.53 Å². The number of carbonyl (C=O) groups excluding carboxylic acids is 1. The molecule has 0 aromatic carbocycles. The summed E-state index contributed by atoms with van der Waals surface area (Å²) < 4.78 is 5.11. The number of nitrogens with one attached hydrogen (secondary N) is 1. The SMILES string of the molecule is CC(C)N[C@H]1OC(C(N)=O)[C@@H](O)C(O)[C@@H]1O. The molecule has 16 heavy (non-hydrogen) atoms. The Balaban J connectivity index is 2.77. The molecule has 1 aliphatic rings. The molecule has 1 heterocycles. The topological polar surface area (TPSA) is 125 Å². The van der Waals surface area contributed by atoms with Crippen LogP contribution in [0.5, 0.6) is 0 Å². The van der Waals surface area contributed by atoms with Crippen LogP contribution in [0.25, 0.3) is 0 Å². The molecule has 6 N–H and O–H groups in total. The van der Waals surface area contributed by atoms with E-state index in [9.17, 15) is 20.1 Å². The Kier molecular flexibility index (Phi) is 4.22. The van der Waals surface area contributed by atoms with E-state index in [2.05, 4.69) is 5.32 Å². The maximum absolute atomic E-state index is 11.0. The molecule has 0 saturated carbocycles. The molecule has 0 aromatic heterocycles. The number of primary amides is 1. The molecule has 2 unspecified atom stereocenters. The molecular weight excluding hydrogens is 216 g/mol. The second-order valence-electron chi connectivity index (χ2n) is 4.17. The van der Waals surface area contributed by atoms with Crippen molar-refractivity contribution in [3.63, 3.8) is 0 Å². The highest BCUT2D eigenvalue weighted by Crippen LogP contribution is 2.20. The quantitative estimate of drug-likeness (QED) is 0.361. The average Bonchev–Trinajstić information content (AvgIpc) is 2.18. The average molecular weight is 234 g/mol. The van der Waals surface area contributed by atoms with Crippen LogP contribution >= 0.6 is 0 Å². The molecule has 0 spiro atoms. The van der Waals surface area contributed by atoms with Gasteiger partial charge in [0.15, 0.2) is 6.10 Å². The number of nitrogens with two attached hydrogens (primary N) is 1. The molecule has 5 atom stereocenters. The highest BCUT2D eigenvalue weighted by molar-refractivity contribution is 5.79. The van der Waals surface area contributed by atoms with E-state index >= 15 is 0 Å². The van der Waals surface area contributed by atoms with Gasteiger partial charge in [-0.25, -0.2) is 0 Å². The van der Waals surface area contributed by atoms with Gasteiger partial charge in [0, 0.05) is 6.04 Å². The zero-order valence-electron chi connectivity index (χ0n) is 9.20. The lowest BCUT2D eigenvalue weighted by atomic mass is 9.97. The van der Waals surface area contributed by atoms with E-state index in [1.165, 1.54) is 0 Å². The number of carbonyl (C=O) groups is 1. The minimum Gasteiger partial charge on any atom is -0.387 e. The number of ether oxygens (including phenoxy) is 1. The van der Waals surface area contributed by atoms with Crippen LogP contribution < -0.4 is 11.1 Å². The van der Waals surface area contributed by atoms with E-state index in [0.29, 0.717) is 0 Å². The van der Waals surface area contributed by atoms with E-state index in [4.69, 9.17) is 10.5 Å². The molecule has 1 fully saturated rings. The van der Waals surface area contributed by atoms with E-state index < -0.39 is 36.6 Å². The molecule has 0 aromatic rings. The second kappa shape index (κ2) is 5.07. The third kappa shape index (κ3) is 2.69. The number of hydrogen-bond acceptors (Lipinski definition) is 6. The van der Waals surface area contributed by atoms with Crippen molar-refractivity contribution in [3.05, 3.63) is 0 Å². The molecule has 1 aliphatic heterocycles. The molecule has 1 saturated heterocycles. The summed E-state index contributed by atoms with van der Waals surface area (Å²) in [6.07, 6.45) is -6.56. The highest BCUT2D eigenvalue weighted by atomic mass is 16.6. The summed E-state index contributed by atoms with van der Waals surface area (Å²) in [6.45, 7) is 3.62. The summed E-state index contributed by atoms with van der Waals surface area (Å²) in [5, 5.41) is 31.4.